The number of benzene rings is 3. The fourth-order valence-corrected chi connectivity index (χ4v) is 2.89. The van der Waals surface area contributed by atoms with Gasteiger partial charge in [0, 0.05) is 22.6 Å². The molecule has 0 fully saturated rings. The Morgan fingerprint density at radius 2 is 1.50 bits per heavy atom. The van der Waals surface area contributed by atoms with Crippen LogP contribution in [0.25, 0.3) is 0 Å². The number of anilines is 3. The van der Waals surface area contributed by atoms with E-state index in [9.17, 15) is 9.59 Å². The zero-order chi connectivity index (χ0) is 22.9. The highest BCUT2D eigenvalue weighted by Gasteiger charge is 2.07. The normalized spacial score (nSPS) is 10.2. The average Bonchev–Trinajstić information content (AvgIpc) is 2.78. The van der Waals surface area contributed by atoms with Crippen LogP contribution in [0.3, 0.4) is 0 Å². The highest BCUT2D eigenvalue weighted by Crippen LogP contribution is 2.17. The van der Waals surface area contributed by atoms with Crippen LogP contribution in [0.4, 0.5) is 17.1 Å². The minimum Gasteiger partial charge on any atom is -0.489 e. The first kappa shape index (κ1) is 22.6. The first-order valence-corrected chi connectivity index (χ1v) is 10.3. The monoisotopic (exact) mass is 429 g/mol. The number of nitrogens with one attached hydrogen (secondary N) is 3. The van der Waals surface area contributed by atoms with Gasteiger partial charge in [-0.2, -0.15) is 0 Å². The summed E-state index contributed by atoms with van der Waals surface area (Å²) in [4.78, 5) is 24.5. The number of ether oxygens (including phenoxy) is 1. The van der Waals surface area contributed by atoms with Crippen molar-refractivity contribution in [3.63, 3.8) is 0 Å². The molecule has 0 atom stereocenters. The number of hydrogen-bond acceptors (Lipinski definition) is 4. The van der Waals surface area contributed by atoms with E-state index in [1.807, 2.05) is 44.2 Å². The lowest BCUT2D eigenvalue weighted by molar-refractivity contribution is -0.114. The molecule has 3 N–H and O–H groups in total. The molecule has 2 amide bonds. The summed E-state index contributed by atoms with van der Waals surface area (Å²) in [7, 11) is 0. The standard InChI is InChI=1S/C26H27N3O3/c1-18(2)17-32-24-13-11-22(12-14-24)28-25(30)16-27-21-7-9-23(10-8-21)29-26(31)20-6-4-5-19(3)15-20/h4-15,27H,1,16-17H2,2-3H3,(H,28,30)(H,29,31). The Morgan fingerprint density at radius 3 is 2.16 bits per heavy atom. The second kappa shape index (κ2) is 10.8. The van der Waals surface area contributed by atoms with E-state index in [-0.39, 0.29) is 18.4 Å². The van der Waals surface area contributed by atoms with E-state index < -0.39 is 0 Å². The maximum absolute atomic E-state index is 12.3. The number of carbonyl (C=O) groups excluding carboxylic acids is 2. The van der Waals surface area contributed by atoms with Gasteiger partial charge in [-0.3, -0.25) is 9.59 Å². The van der Waals surface area contributed by atoms with E-state index in [1.54, 1.807) is 42.5 Å². The van der Waals surface area contributed by atoms with Crippen LogP contribution in [0.5, 0.6) is 5.75 Å². The molecule has 0 aliphatic heterocycles. The van der Waals surface area contributed by atoms with Gasteiger partial charge in [-0.15, -0.1) is 0 Å². The largest absolute Gasteiger partial charge is 0.489 e. The van der Waals surface area contributed by atoms with Gasteiger partial charge in [-0.1, -0.05) is 24.3 Å². The van der Waals surface area contributed by atoms with Crippen LogP contribution in [-0.4, -0.2) is 25.0 Å². The summed E-state index contributed by atoms with van der Waals surface area (Å²) < 4.78 is 5.55. The lowest BCUT2D eigenvalue weighted by Crippen LogP contribution is -2.21. The Hall–Kier alpha value is -4.06. The molecule has 0 radical (unpaired) electrons. The molecule has 0 saturated heterocycles. The van der Waals surface area contributed by atoms with Gasteiger partial charge in [-0.25, -0.2) is 0 Å². The predicted molar refractivity (Wildman–Crippen MR) is 129 cm³/mol. The molecule has 0 aliphatic carbocycles. The van der Waals surface area contributed by atoms with Gasteiger partial charge in [0.25, 0.3) is 5.91 Å². The molecule has 32 heavy (non-hydrogen) atoms. The van der Waals surface area contributed by atoms with E-state index in [0.29, 0.717) is 23.5 Å². The Kier molecular flexibility index (Phi) is 7.65. The van der Waals surface area contributed by atoms with Crippen molar-refractivity contribution in [1.82, 2.24) is 0 Å². The number of rotatable bonds is 9. The third-order valence-corrected chi connectivity index (χ3v) is 4.50. The Balaban J connectivity index is 1.46. The molecular weight excluding hydrogens is 402 g/mol. The van der Waals surface area contributed by atoms with Crippen molar-refractivity contribution < 1.29 is 14.3 Å². The van der Waals surface area contributed by atoms with E-state index in [1.165, 1.54) is 0 Å². The molecule has 0 unspecified atom stereocenters. The first-order valence-electron chi connectivity index (χ1n) is 10.3. The van der Waals surface area contributed by atoms with Crippen molar-refractivity contribution in [3.05, 3.63) is 96.1 Å². The predicted octanol–water partition coefficient (Wildman–Crippen LogP) is 5.25. The van der Waals surface area contributed by atoms with Gasteiger partial charge >= 0.3 is 0 Å². The summed E-state index contributed by atoms with van der Waals surface area (Å²) in [6.07, 6.45) is 0. The van der Waals surface area contributed by atoms with Crippen LogP contribution in [0.1, 0.15) is 22.8 Å². The van der Waals surface area contributed by atoms with Crippen LogP contribution >= 0.6 is 0 Å². The van der Waals surface area contributed by atoms with Gasteiger partial charge in [0.05, 0.1) is 6.54 Å². The minimum absolute atomic E-state index is 0.114. The van der Waals surface area contributed by atoms with Crippen LogP contribution in [0.15, 0.2) is 84.9 Å². The van der Waals surface area contributed by atoms with Gasteiger partial charge in [0.2, 0.25) is 5.91 Å². The van der Waals surface area contributed by atoms with Crippen molar-refractivity contribution in [2.75, 3.05) is 29.1 Å². The third-order valence-electron chi connectivity index (χ3n) is 4.50. The second-order valence-corrected chi connectivity index (χ2v) is 7.57. The maximum Gasteiger partial charge on any atom is 0.255 e. The van der Waals surface area contributed by atoms with Crippen molar-refractivity contribution in [2.45, 2.75) is 13.8 Å². The third kappa shape index (κ3) is 7.02. The zero-order valence-electron chi connectivity index (χ0n) is 18.3. The zero-order valence-corrected chi connectivity index (χ0v) is 18.3. The lowest BCUT2D eigenvalue weighted by Gasteiger charge is -2.10. The molecule has 0 spiro atoms. The van der Waals surface area contributed by atoms with E-state index in [0.717, 1.165) is 22.6 Å². The van der Waals surface area contributed by atoms with Gasteiger partial charge in [-0.05, 0) is 80.1 Å². The van der Waals surface area contributed by atoms with E-state index >= 15 is 0 Å². The molecule has 0 heterocycles. The molecule has 3 rings (SSSR count). The fraction of sp³-hybridized carbons (Fsp3) is 0.154. The van der Waals surface area contributed by atoms with Crippen LogP contribution < -0.4 is 20.7 Å². The number of hydrogen-bond donors (Lipinski definition) is 3. The van der Waals surface area contributed by atoms with Crippen LogP contribution in [0, 0.1) is 6.92 Å². The second-order valence-electron chi connectivity index (χ2n) is 7.57. The SMILES string of the molecule is C=C(C)COc1ccc(NC(=O)CNc2ccc(NC(=O)c3cccc(C)c3)cc2)cc1. The maximum atomic E-state index is 12.3. The molecule has 0 bridgehead atoms. The Bertz CT molecular complexity index is 1090. The van der Waals surface area contributed by atoms with Crippen LogP contribution in [0.2, 0.25) is 0 Å². The summed E-state index contributed by atoms with van der Waals surface area (Å²) in [6.45, 7) is 8.22. The smallest absolute Gasteiger partial charge is 0.255 e. The van der Waals surface area contributed by atoms with Crippen molar-refractivity contribution in [2.24, 2.45) is 0 Å². The molecule has 0 aromatic heterocycles. The number of carbonyl (C=O) groups is 2. The molecule has 3 aromatic carbocycles. The fourth-order valence-electron chi connectivity index (χ4n) is 2.89. The summed E-state index contributed by atoms with van der Waals surface area (Å²) in [5.74, 6) is 0.390. The van der Waals surface area contributed by atoms with Crippen molar-refractivity contribution in [3.8, 4) is 5.75 Å². The minimum atomic E-state index is -0.169. The van der Waals surface area contributed by atoms with Crippen LogP contribution in [-0.2, 0) is 4.79 Å². The molecule has 0 saturated carbocycles. The summed E-state index contributed by atoms with van der Waals surface area (Å²) in [5.41, 5.74) is 4.73. The topological polar surface area (TPSA) is 79.5 Å². The molecular formula is C26H27N3O3. The molecule has 6 nitrogen and oxygen atoms in total. The molecule has 164 valence electrons. The van der Waals surface area contributed by atoms with Gasteiger partial charge < -0.3 is 20.7 Å². The Labute approximate surface area is 188 Å². The quantitative estimate of drug-likeness (QED) is 0.406. The number of aryl methyl sites for hydroxylation is 1. The lowest BCUT2D eigenvalue weighted by atomic mass is 10.1. The van der Waals surface area contributed by atoms with E-state index in [4.69, 9.17) is 4.74 Å². The number of amides is 2. The van der Waals surface area contributed by atoms with E-state index in [2.05, 4.69) is 22.5 Å². The highest BCUT2D eigenvalue weighted by atomic mass is 16.5. The first-order chi connectivity index (χ1) is 15.4. The van der Waals surface area contributed by atoms with Crippen molar-refractivity contribution in [1.29, 1.82) is 0 Å². The highest BCUT2D eigenvalue weighted by molar-refractivity contribution is 6.04. The summed E-state index contributed by atoms with van der Waals surface area (Å²) in [6, 6.07) is 21.8. The van der Waals surface area contributed by atoms with Gasteiger partial charge in [0.15, 0.2) is 0 Å². The van der Waals surface area contributed by atoms with Crippen molar-refractivity contribution >= 4 is 28.9 Å². The molecule has 3 aromatic rings. The molecule has 6 heteroatoms. The average molecular weight is 430 g/mol. The summed E-state index contributed by atoms with van der Waals surface area (Å²) >= 11 is 0. The van der Waals surface area contributed by atoms with Gasteiger partial charge in [0.1, 0.15) is 12.4 Å². The molecule has 0 aliphatic rings. The Morgan fingerprint density at radius 1 is 0.875 bits per heavy atom. The summed E-state index contributed by atoms with van der Waals surface area (Å²) in [5, 5.41) is 8.77.